The fourth-order valence-electron chi connectivity index (χ4n) is 1.81. The van der Waals surface area contributed by atoms with E-state index in [-0.39, 0.29) is 31.3 Å². The number of hydrogen-bond donors (Lipinski definition) is 2. The molecule has 0 bridgehead atoms. The molecular formula is C13H19NO6S. The van der Waals surface area contributed by atoms with Crippen molar-refractivity contribution in [3.05, 3.63) is 18.2 Å². The molecule has 1 heterocycles. The molecule has 2 rings (SSSR count). The van der Waals surface area contributed by atoms with Crippen molar-refractivity contribution in [2.75, 3.05) is 39.6 Å². The Hall–Kier alpha value is -1.35. The van der Waals surface area contributed by atoms with Gasteiger partial charge in [0.1, 0.15) is 0 Å². The molecule has 0 aliphatic carbocycles. The third-order valence-corrected chi connectivity index (χ3v) is 4.26. The average Bonchev–Trinajstić information content (AvgIpc) is 2.71. The summed E-state index contributed by atoms with van der Waals surface area (Å²) in [6.45, 7) is 1.49. The lowest BCUT2D eigenvalue weighted by Gasteiger charge is -2.11. The number of fused-ring (bicyclic) bond motifs is 1. The van der Waals surface area contributed by atoms with Crippen LogP contribution < -0.4 is 14.2 Å². The van der Waals surface area contributed by atoms with Crippen molar-refractivity contribution in [1.29, 1.82) is 0 Å². The van der Waals surface area contributed by atoms with E-state index in [2.05, 4.69) is 4.72 Å². The van der Waals surface area contributed by atoms with Crippen LogP contribution in [0, 0.1) is 0 Å². The topological polar surface area (TPSA) is 94.1 Å². The highest BCUT2D eigenvalue weighted by atomic mass is 32.2. The van der Waals surface area contributed by atoms with Crippen LogP contribution in [0.1, 0.15) is 6.42 Å². The van der Waals surface area contributed by atoms with Gasteiger partial charge in [-0.05, 0) is 12.1 Å². The minimum atomic E-state index is -3.62. The van der Waals surface area contributed by atoms with Gasteiger partial charge in [-0.15, -0.1) is 0 Å². The standard InChI is InChI=1S/C13H19NO6S/c15-5-9-18-8-4-14-21(16,17)11-2-3-12-13(10-11)20-7-1-6-19-12/h2-3,10,14-15H,1,4-9H2. The van der Waals surface area contributed by atoms with Crippen LogP contribution in [0.25, 0.3) is 0 Å². The Kier molecular flexibility index (Phi) is 5.80. The summed E-state index contributed by atoms with van der Waals surface area (Å²) in [4.78, 5) is 0.119. The number of benzene rings is 1. The molecule has 2 N–H and O–H groups in total. The fourth-order valence-corrected chi connectivity index (χ4v) is 2.84. The van der Waals surface area contributed by atoms with E-state index >= 15 is 0 Å². The molecule has 0 saturated heterocycles. The third kappa shape index (κ3) is 4.57. The summed E-state index contributed by atoms with van der Waals surface area (Å²) >= 11 is 0. The van der Waals surface area contributed by atoms with Crippen LogP contribution in [0.4, 0.5) is 0 Å². The van der Waals surface area contributed by atoms with Gasteiger partial charge in [-0.25, -0.2) is 13.1 Å². The molecule has 0 radical (unpaired) electrons. The molecule has 0 fully saturated rings. The van der Waals surface area contributed by atoms with E-state index in [4.69, 9.17) is 19.3 Å². The molecular weight excluding hydrogens is 298 g/mol. The van der Waals surface area contributed by atoms with Gasteiger partial charge in [-0.3, -0.25) is 0 Å². The smallest absolute Gasteiger partial charge is 0.240 e. The van der Waals surface area contributed by atoms with Crippen molar-refractivity contribution in [2.45, 2.75) is 11.3 Å². The number of ether oxygens (including phenoxy) is 3. The Morgan fingerprint density at radius 3 is 2.71 bits per heavy atom. The maximum absolute atomic E-state index is 12.1. The highest BCUT2D eigenvalue weighted by molar-refractivity contribution is 7.89. The monoisotopic (exact) mass is 317 g/mol. The Morgan fingerprint density at radius 2 is 1.95 bits per heavy atom. The van der Waals surface area contributed by atoms with Gasteiger partial charge >= 0.3 is 0 Å². The number of sulfonamides is 1. The van der Waals surface area contributed by atoms with Crippen LogP contribution in [0.5, 0.6) is 11.5 Å². The highest BCUT2D eigenvalue weighted by Crippen LogP contribution is 2.31. The van der Waals surface area contributed by atoms with Crippen molar-refractivity contribution in [3.63, 3.8) is 0 Å². The minimum absolute atomic E-state index is 0.0884. The summed E-state index contributed by atoms with van der Waals surface area (Å²) in [5.74, 6) is 0.990. The number of aliphatic hydroxyl groups excluding tert-OH is 1. The molecule has 0 amide bonds. The molecule has 0 spiro atoms. The summed E-state index contributed by atoms with van der Waals surface area (Å²) in [5, 5.41) is 8.55. The van der Waals surface area contributed by atoms with Crippen LogP contribution >= 0.6 is 0 Å². The van der Waals surface area contributed by atoms with Gasteiger partial charge in [0.2, 0.25) is 10.0 Å². The lowest BCUT2D eigenvalue weighted by atomic mass is 10.3. The second kappa shape index (κ2) is 7.60. The van der Waals surface area contributed by atoms with Crippen LogP contribution in [0.3, 0.4) is 0 Å². The Bertz CT molecular complexity index is 560. The average molecular weight is 317 g/mol. The van der Waals surface area contributed by atoms with Gasteiger partial charge in [0.15, 0.2) is 11.5 Å². The van der Waals surface area contributed by atoms with Gasteiger partial charge in [0, 0.05) is 19.0 Å². The predicted molar refractivity (Wildman–Crippen MR) is 75.1 cm³/mol. The summed E-state index contributed by atoms with van der Waals surface area (Å²) in [6.07, 6.45) is 0.761. The first kappa shape index (κ1) is 16.0. The molecule has 21 heavy (non-hydrogen) atoms. The molecule has 118 valence electrons. The number of hydrogen-bond acceptors (Lipinski definition) is 6. The first-order valence-electron chi connectivity index (χ1n) is 6.71. The van der Waals surface area contributed by atoms with Gasteiger partial charge in [-0.1, -0.05) is 0 Å². The maximum atomic E-state index is 12.1. The third-order valence-electron chi connectivity index (χ3n) is 2.80. The quantitative estimate of drug-likeness (QED) is 0.695. The zero-order valence-electron chi connectivity index (χ0n) is 11.6. The van der Waals surface area contributed by atoms with E-state index in [9.17, 15) is 8.42 Å². The summed E-state index contributed by atoms with van der Waals surface area (Å²) in [7, 11) is -3.62. The largest absolute Gasteiger partial charge is 0.490 e. The van der Waals surface area contributed by atoms with Crippen LogP contribution in [0.15, 0.2) is 23.1 Å². The van der Waals surface area contributed by atoms with E-state index < -0.39 is 10.0 Å². The lowest BCUT2D eigenvalue weighted by molar-refractivity contribution is 0.0961. The number of nitrogens with one attached hydrogen (secondary N) is 1. The SMILES string of the molecule is O=S(=O)(NCCOCCO)c1ccc2c(c1)OCCCO2. The molecule has 0 aromatic heterocycles. The van der Waals surface area contributed by atoms with Crippen LogP contribution in [-0.2, 0) is 14.8 Å². The highest BCUT2D eigenvalue weighted by Gasteiger charge is 2.18. The van der Waals surface area contributed by atoms with Crippen LogP contribution in [0.2, 0.25) is 0 Å². The van der Waals surface area contributed by atoms with E-state index in [0.29, 0.717) is 24.7 Å². The number of rotatable bonds is 7. The molecule has 7 nitrogen and oxygen atoms in total. The van der Waals surface area contributed by atoms with Crippen molar-refractivity contribution in [1.82, 2.24) is 4.72 Å². The lowest BCUT2D eigenvalue weighted by Crippen LogP contribution is -2.27. The summed E-state index contributed by atoms with van der Waals surface area (Å²) in [5.41, 5.74) is 0. The van der Waals surface area contributed by atoms with Gasteiger partial charge < -0.3 is 19.3 Å². The fraction of sp³-hybridized carbons (Fsp3) is 0.538. The molecule has 1 aromatic carbocycles. The minimum Gasteiger partial charge on any atom is -0.490 e. The molecule has 8 heteroatoms. The Balaban J connectivity index is 2.01. The molecule has 1 aromatic rings. The first-order chi connectivity index (χ1) is 10.1. The molecule has 0 saturated carbocycles. The van der Waals surface area contributed by atoms with E-state index in [1.54, 1.807) is 6.07 Å². The second-order valence-electron chi connectivity index (χ2n) is 4.39. The predicted octanol–water partition coefficient (Wildman–Crippen LogP) is 0.135. The normalized spacial score (nSPS) is 14.7. The van der Waals surface area contributed by atoms with E-state index in [0.717, 1.165) is 6.42 Å². The van der Waals surface area contributed by atoms with Gasteiger partial charge in [-0.2, -0.15) is 0 Å². The second-order valence-corrected chi connectivity index (χ2v) is 6.16. The van der Waals surface area contributed by atoms with Crippen molar-refractivity contribution in [3.8, 4) is 11.5 Å². The van der Waals surface area contributed by atoms with Crippen molar-refractivity contribution >= 4 is 10.0 Å². The maximum Gasteiger partial charge on any atom is 0.240 e. The molecule has 0 atom stereocenters. The summed E-state index contributed by atoms with van der Waals surface area (Å²) < 4.78 is 42.6. The van der Waals surface area contributed by atoms with E-state index in [1.165, 1.54) is 12.1 Å². The van der Waals surface area contributed by atoms with E-state index in [1.807, 2.05) is 0 Å². The first-order valence-corrected chi connectivity index (χ1v) is 8.20. The van der Waals surface area contributed by atoms with Crippen LogP contribution in [-0.4, -0.2) is 53.1 Å². The summed E-state index contributed by atoms with van der Waals surface area (Å²) in [6, 6.07) is 4.53. The Labute approximate surface area is 123 Å². The zero-order valence-corrected chi connectivity index (χ0v) is 12.4. The van der Waals surface area contributed by atoms with Crippen molar-refractivity contribution in [2.24, 2.45) is 0 Å². The Morgan fingerprint density at radius 1 is 1.19 bits per heavy atom. The zero-order chi connectivity index (χ0) is 15.1. The van der Waals surface area contributed by atoms with Gasteiger partial charge in [0.25, 0.3) is 0 Å². The molecule has 0 unspecified atom stereocenters. The molecule has 1 aliphatic rings. The molecule has 1 aliphatic heterocycles. The number of aliphatic hydroxyl groups is 1. The van der Waals surface area contributed by atoms with Crippen molar-refractivity contribution < 1.29 is 27.7 Å². The van der Waals surface area contributed by atoms with Gasteiger partial charge in [0.05, 0.1) is 37.9 Å².